The van der Waals surface area contributed by atoms with Gasteiger partial charge in [-0.3, -0.25) is 9.79 Å². The van der Waals surface area contributed by atoms with Crippen molar-refractivity contribution in [2.24, 2.45) is 10.9 Å². The van der Waals surface area contributed by atoms with Crippen LogP contribution in [-0.4, -0.2) is 61.7 Å². The number of aliphatic imine (C=N–C) groups is 1. The molecule has 138 valence electrons. The molecule has 3 saturated heterocycles. The maximum absolute atomic E-state index is 12.3. The predicted molar refractivity (Wildman–Crippen MR) is 106 cm³/mol. The molecule has 2 N–H and O–H groups in total. The van der Waals surface area contributed by atoms with Gasteiger partial charge in [-0.1, -0.05) is 6.92 Å². The average molecular weight is 450 g/mol. The molecule has 0 aromatic carbocycles. The number of fused-ring (bicyclic) bond motifs is 2. The van der Waals surface area contributed by atoms with Crippen molar-refractivity contribution in [1.29, 1.82) is 0 Å². The zero-order chi connectivity index (χ0) is 16.2. The number of nitrogens with zero attached hydrogens (tertiary/aromatic N) is 2. The van der Waals surface area contributed by atoms with E-state index in [1.807, 2.05) is 4.90 Å². The number of amides is 1. The Hall–Kier alpha value is -0.570. The number of hydrogen-bond acceptors (Lipinski definition) is 3. The van der Waals surface area contributed by atoms with Crippen LogP contribution in [0.1, 0.15) is 45.4 Å². The number of likely N-dealkylation sites (tertiary alicyclic amines) is 1. The van der Waals surface area contributed by atoms with E-state index in [0.29, 0.717) is 37.1 Å². The molecule has 3 aliphatic rings. The summed E-state index contributed by atoms with van der Waals surface area (Å²) in [7, 11) is 1.78. The number of hydrogen-bond donors (Lipinski definition) is 2. The lowest BCUT2D eigenvalue weighted by molar-refractivity contribution is -0.132. The van der Waals surface area contributed by atoms with Crippen molar-refractivity contribution in [3.63, 3.8) is 0 Å². The lowest BCUT2D eigenvalue weighted by Crippen LogP contribution is -2.48. The van der Waals surface area contributed by atoms with E-state index in [9.17, 15) is 4.79 Å². The second-order valence-electron chi connectivity index (χ2n) is 7.20. The highest BCUT2D eigenvalue weighted by atomic mass is 127. The molecule has 7 heteroatoms. The minimum absolute atomic E-state index is 0. The van der Waals surface area contributed by atoms with Gasteiger partial charge in [-0.05, 0) is 38.0 Å². The van der Waals surface area contributed by atoms with Crippen molar-refractivity contribution in [3.05, 3.63) is 0 Å². The van der Waals surface area contributed by atoms with Gasteiger partial charge in [-0.2, -0.15) is 0 Å². The van der Waals surface area contributed by atoms with Crippen molar-refractivity contribution in [2.45, 2.75) is 63.7 Å². The largest absolute Gasteiger partial charge is 0.373 e. The van der Waals surface area contributed by atoms with E-state index < -0.39 is 0 Å². The third kappa shape index (κ3) is 4.97. The van der Waals surface area contributed by atoms with Crippen LogP contribution in [0.3, 0.4) is 0 Å². The summed E-state index contributed by atoms with van der Waals surface area (Å²) in [6.45, 7) is 4.68. The first kappa shape index (κ1) is 19.8. The first-order valence-electron chi connectivity index (χ1n) is 9.06. The van der Waals surface area contributed by atoms with E-state index in [-0.39, 0.29) is 29.9 Å². The molecule has 24 heavy (non-hydrogen) atoms. The zero-order valence-corrected chi connectivity index (χ0v) is 17.1. The second kappa shape index (κ2) is 9.22. The summed E-state index contributed by atoms with van der Waals surface area (Å²) in [6.07, 6.45) is 7.06. The highest BCUT2D eigenvalue weighted by Crippen LogP contribution is 2.34. The quantitative estimate of drug-likeness (QED) is 0.389. The van der Waals surface area contributed by atoms with Crippen LogP contribution in [0.2, 0.25) is 0 Å². The summed E-state index contributed by atoms with van der Waals surface area (Å²) in [5.41, 5.74) is 0. The number of carbonyl (C=O) groups is 1. The Morgan fingerprint density at radius 2 is 2.17 bits per heavy atom. The molecular weight excluding hydrogens is 419 g/mol. The first-order chi connectivity index (χ1) is 11.2. The highest BCUT2D eigenvalue weighted by molar-refractivity contribution is 14.0. The maximum atomic E-state index is 12.3. The lowest BCUT2D eigenvalue weighted by Gasteiger charge is -2.31. The zero-order valence-electron chi connectivity index (χ0n) is 14.8. The Morgan fingerprint density at radius 3 is 2.79 bits per heavy atom. The molecule has 0 aromatic rings. The van der Waals surface area contributed by atoms with E-state index >= 15 is 0 Å². The molecule has 3 fully saturated rings. The normalized spacial score (nSPS) is 32.4. The number of guanidine groups is 1. The van der Waals surface area contributed by atoms with Crippen molar-refractivity contribution in [3.8, 4) is 0 Å². The Labute approximate surface area is 162 Å². The van der Waals surface area contributed by atoms with Gasteiger partial charge in [0.2, 0.25) is 5.91 Å². The number of nitrogens with one attached hydrogen (secondary N) is 2. The first-order valence-corrected chi connectivity index (χ1v) is 9.06. The highest BCUT2D eigenvalue weighted by Gasteiger charge is 2.41. The fraction of sp³-hybridized carbons (Fsp3) is 0.882. The topological polar surface area (TPSA) is 66.0 Å². The van der Waals surface area contributed by atoms with E-state index in [1.54, 1.807) is 7.05 Å². The molecule has 0 aliphatic carbocycles. The molecule has 4 atom stereocenters. The monoisotopic (exact) mass is 450 g/mol. The summed E-state index contributed by atoms with van der Waals surface area (Å²) in [6, 6.07) is 0.360. The van der Waals surface area contributed by atoms with Gasteiger partial charge in [0, 0.05) is 33.1 Å². The SMILES string of the molecule is CN=C(NCCC(=O)N1CCCC(C)C1)NC1CC2CCC1O2.I. The molecule has 0 saturated carbocycles. The molecule has 0 spiro atoms. The molecule has 2 bridgehead atoms. The summed E-state index contributed by atoms with van der Waals surface area (Å²) in [5.74, 6) is 1.67. The summed E-state index contributed by atoms with van der Waals surface area (Å²) < 4.78 is 5.86. The molecule has 3 heterocycles. The molecule has 0 radical (unpaired) electrons. The fourth-order valence-electron chi connectivity index (χ4n) is 4.02. The van der Waals surface area contributed by atoms with Gasteiger partial charge < -0.3 is 20.3 Å². The van der Waals surface area contributed by atoms with Crippen LogP contribution in [0.4, 0.5) is 0 Å². The third-order valence-corrected chi connectivity index (χ3v) is 5.29. The van der Waals surface area contributed by atoms with Crippen LogP contribution in [0.25, 0.3) is 0 Å². The minimum atomic E-state index is 0. The standard InChI is InChI=1S/C17H30N4O2.HI/c1-12-4-3-9-21(11-12)16(22)7-8-19-17(18-2)20-14-10-13-5-6-15(14)23-13;/h12-15H,3-11H2,1-2H3,(H2,18,19,20);1H. The maximum Gasteiger partial charge on any atom is 0.224 e. The average Bonchev–Trinajstić information content (AvgIpc) is 3.16. The van der Waals surface area contributed by atoms with Gasteiger partial charge in [0.05, 0.1) is 18.2 Å². The smallest absolute Gasteiger partial charge is 0.224 e. The Balaban J connectivity index is 0.00000208. The van der Waals surface area contributed by atoms with E-state index in [4.69, 9.17) is 4.74 Å². The Bertz CT molecular complexity index is 460. The van der Waals surface area contributed by atoms with Crippen LogP contribution in [0, 0.1) is 5.92 Å². The number of piperidine rings is 1. The molecule has 3 aliphatic heterocycles. The Morgan fingerprint density at radius 1 is 1.33 bits per heavy atom. The van der Waals surface area contributed by atoms with Crippen molar-refractivity contribution in [1.82, 2.24) is 15.5 Å². The fourth-order valence-corrected chi connectivity index (χ4v) is 4.02. The van der Waals surface area contributed by atoms with E-state index in [2.05, 4.69) is 22.5 Å². The number of carbonyl (C=O) groups excluding carboxylic acids is 1. The summed E-state index contributed by atoms with van der Waals surface area (Å²) in [5, 5.41) is 6.72. The molecule has 3 rings (SSSR count). The third-order valence-electron chi connectivity index (χ3n) is 5.29. The van der Waals surface area contributed by atoms with Gasteiger partial charge in [-0.25, -0.2) is 0 Å². The molecular formula is C17H31IN4O2. The molecule has 6 nitrogen and oxygen atoms in total. The minimum Gasteiger partial charge on any atom is -0.373 e. The van der Waals surface area contributed by atoms with Crippen LogP contribution >= 0.6 is 24.0 Å². The second-order valence-corrected chi connectivity index (χ2v) is 7.20. The number of rotatable bonds is 4. The van der Waals surface area contributed by atoms with Crippen molar-refractivity contribution in [2.75, 3.05) is 26.7 Å². The van der Waals surface area contributed by atoms with Gasteiger partial charge >= 0.3 is 0 Å². The van der Waals surface area contributed by atoms with Gasteiger partial charge in [0.1, 0.15) is 0 Å². The van der Waals surface area contributed by atoms with Crippen molar-refractivity contribution < 1.29 is 9.53 Å². The van der Waals surface area contributed by atoms with Crippen LogP contribution in [-0.2, 0) is 9.53 Å². The molecule has 4 unspecified atom stereocenters. The van der Waals surface area contributed by atoms with Gasteiger partial charge in [0.15, 0.2) is 5.96 Å². The van der Waals surface area contributed by atoms with Gasteiger partial charge in [-0.15, -0.1) is 24.0 Å². The lowest BCUT2D eigenvalue weighted by atomic mass is 9.96. The van der Waals surface area contributed by atoms with E-state index in [1.165, 1.54) is 12.8 Å². The predicted octanol–water partition coefficient (Wildman–Crippen LogP) is 1.74. The summed E-state index contributed by atoms with van der Waals surface area (Å²) in [4.78, 5) is 18.5. The number of halogens is 1. The Kier molecular flexibility index (Phi) is 7.59. The van der Waals surface area contributed by atoms with Gasteiger partial charge in [0.25, 0.3) is 0 Å². The van der Waals surface area contributed by atoms with E-state index in [0.717, 1.165) is 38.3 Å². The number of ether oxygens (including phenoxy) is 1. The van der Waals surface area contributed by atoms with Crippen LogP contribution in [0.15, 0.2) is 4.99 Å². The van der Waals surface area contributed by atoms with Crippen LogP contribution in [0.5, 0.6) is 0 Å². The van der Waals surface area contributed by atoms with Crippen LogP contribution < -0.4 is 10.6 Å². The van der Waals surface area contributed by atoms with Crippen molar-refractivity contribution >= 4 is 35.8 Å². The molecule has 1 amide bonds. The summed E-state index contributed by atoms with van der Waals surface area (Å²) >= 11 is 0. The molecule has 0 aromatic heterocycles.